The lowest BCUT2D eigenvalue weighted by Gasteiger charge is -2.31. The molecule has 1 N–H and O–H groups in total. The van der Waals surface area contributed by atoms with E-state index in [9.17, 15) is 0 Å². The van der Waals surface area contributed by atoms with E-state index in [1.54, 1.807) is 7.11 Å². The van der Waals surface area contributed by atoms with Crippen LogP contribution in [0.3, 0.4) is 0 Å². The van der Waals surface area contributed by atoms with Gasteiger partial charge in [-0.05, 0) is 30.5 Å². The van der Waals surface area contributed by atoms with Gasteiger partial charge in [0.1, 0.15) is 0 Å². The predicted molar refractivity (Wildman–Crippen MR) is 78.1 cm³/mol. The van der Waals surface area contributed by atoms with Crippen LogP contribution in [0.25, 0.3) is 0 Å². The smallest absolute Gasteiger partial charge is 0.0789 e. The average molecular weight is 270 g/mol. The van der Waals surface area contributed by atoms with E-state index in [-0.39, 0.29) is 12.1 Å². The highest BCUT2D eigenvalue weighted by molar-refractivity contribution is 6.31. The Hall–Kier alpha value is -0.570. The first-order valence-corrected chi connectivity index (χ1v) is 7.00. The largest absolute Gasteiger partial charge is 0.379 e. The van der Waals surface area contributed by atoms with Crippen LogP contribution in [-0.4, -0.2) is 19.8 Å². The average Bonchev–Trinajstić information content (AvgIpc) is 2.35. The Morgan fingerprint density at radius 3 is 2.44 bits per heavy atom. The summed E-state index contributed by atoms with van der Waals surface area (Å²) in [7, 11) is 1.77. The fraction of sp³-hybridized carbons (Fsp3) is 0.600. The van der Waals surface area contributed by atoms with Gasteiger partial charge in [-0.25, -0.2) is 0 Å². The van der Waals surface area contributed by atoms with Crippen molar-refractivity contribution < 1.29 is 4.74 Å². The standard InChI is InChI=1S/C15H24ClNO/c1-5-10-17-14(15(18-4)11(2)3)12-8-6-7-9-13(12)16/h6-9,11,14-15,17H,5,10H2,1-4H3. The molecule has 102 valence electrons. The minimum Gasteiger partial charge on any atom is -0.379 e. The first-order valence-electron chi connectivity index (χ1n) is 6.62. The van der Waals surface area contributed by atoms with E-state index in [1.165, 1.54) is 0 Å². The topological polar surface area (TPSA) is 21.3 Å². The molecule has 2 atom stereocenters. The molecule has 2 nitrogen and oxygen atoms in total. The molecule has 1 aromatic rings. The van der Waals surface area contributed by atoms with Crippen LogP contribution in [0.2, 0.25) is 5.02 Å². The summed E-state index contributed by atoms with van der Waals surface area (Å²) in [5.41, 5.74) is 1.12. The van der Waals surface area contributed by atoms with Crippen LogP contribution in [0.1, 0.15) is 38.8 Å². The lowest BCUT2D eigenvalue weighted by molar-refractivity contribution is 0.0327. The highest BCUT2D eigenvalue weighted by Gasteiger charge is 2.26. The first kappa shape index (κ1) is 15.5. The Balaban J connectivity index is 3.00. The molecule has 18 heavy (non-hydrogen) atoms. The van der Waals surface area contributed by atoms with Gasteiger partial charge in [0, 0.05) is 12.1 Å². The van der Waals surface area contributed by atoms with Gasteiger partial charge in [0.25, 0.3) is 0 Å². The maximum atomic E-state index is 6.31. The summed E-state index contributed by atoms with van der Waals surface area (Å²) in [6.45, 7) is 7.47. The number of ether oxygens (including phenoxy) is 1. The quantitative estimate of drug-likeness (QED) is 0.806. The molecule has 2 unspecified atom stereocenters. The molecule has 0 aromatic heterocycles. The monoisotopic (exact) mass is 269 g/mol. The minimum atomic E-state index is 0.122. The van der Waals surface area contributed by atoms with E-state index in [0.29, 0.717) is 5.92 Å². The second-order valence-electron chi connectivity index (χ2n) is 4.90. The highest BCUT2D eigenvalue weighted by atomic mass is 35.5. The summed E-state index contributed by atoms with van der Waals surface area (Å²) in [5, 5.41) is 4.35. The minimum absolute atomic E-state index is 0.122. The van der Waals surface area contributed by atoms with Crippen molar-refractivity contribution in [3.05, 3.63) is 34.9 Å². The Morgan fingerprint density at radius 1 is 1.28 bits per heavy atom. The van der Waals surface area contributed by atoms with Crippen LogP contribution in [0, 0.1) is 5.92 Å². The van der Waals surface area contributed by atoms with Crippen LogP contribution in [0.15, 0.2) is 24.3 Å². The molecule has 0 bridgehead atoms. The van der Waals surface area contributed by atoms with Crippen LogP contribution in [0.4, 0.5) is 0 Å². The summed E-state index contributed by atoms with van der Waals surface area (Å²) in [6.07, 6.45) is 1.21. The normalized spacial score (nSPS) is 14.8. The molecule has 0 spiro atoms. The molecule has 0 aliphatic heterocycles. The molecular weight excluding hydrogens is 246 g/mol. The molecule has 0 saturated carbocycles. The first-order chi connectivity index (χ1) is 8.61. The zero-order valence-corrected chi connectivity index (χ0v) is 12.5. The van der Waals surface area contributed by atoms with Crippen molar-refractivity contribution in [3.8, 4) is 0 Å². The number of nitrogens with one attached hydrogen (secondary N) is 1. The number of benzene rings is 1. The molecule has 0 aliphatic carbocycles. The van der Waals surface area contributed by atoms with Gasteiger partial charge in [-0.3, -0.25) is 0 Å². The van der Waals surface area contributed by atoms with Gasteiger partial charge in [-0.1, -0.05) is 50.6 Å². The van der Waals surface area contributed by atoms with Gasteiger partial charge in [-0.2, -0.15) is 0 Å². The van der Waals surface area contributed by atoms with Crippen molar-refractivity contribution >= 4 is 11.6 Å². The van der Waals surface area contributed by atoms with E-state index >= 15 is 0 Å². The third-order valence-corrected chi connectivity index (χ3v) is 3.46. The van der Waals surface area contributed by atoms with Crippen molar-refractivity contribution in [2.45, 2.75) is 39.3 Å². The van der Waals surface area contributed by atoms with Crippen LogP contribution in [-0.2, 0) is 4.74 Å². The third kappa shape index (κ3) is 3.98. The SMILES string of the molecule is CCCNC(c1ccccc1Cl)C(OC)C(C)C. The molecule has 0 heterocycles. The second-order valence-corrected chi connectivity index (χ2v) is 5.30. The summed E-state index contributed by atoms with van der Waals surface area (Å²) in [5.74, 6) is 0.431. The summed E-state index contributed by atoms with van der Waals surface area (Å²) >= 11 is 6.31. The summed E-state index contributed by atoms with van der Waals surface area (Å²) in [6, 6.07) is 8.13. The highest BCUT2D eigenvalue weighted by Crippen LogP contribution is 2.29. The fourth-order valence-electron chi connectivity index (χ4n) is 2.22. The maximum Gasteiger partial charge on any atom is 0.0789 e. The van der Waals surface area contributed by atoms with Crippen molar-refractivity contribution in [3.63, 3.8) is 0 Å². The molecule has 0 aliphatic rings. The van der Waals surface area contributed by atoms with Crippen molar-refractivity contribution in [1.29, 1.82) is 0 Å². The molecule has 0 radical (unpaired) electrons. The Kier molecular flexibility index (Phi) is 6.69. The molecule has 1 aromatic carbocycles. The Bertz CT molecular complexity index is 354. The summed E-state index contributed by atoms with van der Waals surface area (Å²) in [4.78, 5) is 0. The van der Waals surface area contributed by atoms with E-state index in [0.717, 1.165) is 23.6 Å². The van der Waals surface area contributed by atoms with E-state index < -0.39 is 0 Å². The maximum absolute atomic E-state index is 6.31. The van der Waals surface area contributed by atoms with Crippen LogP contribution >= 0.6 is 11.6 Å². The van der Waals surface area contributed by atoms with E-state index in [4.69, 9.17) is 16.3 Å². The van der Waals surface area contributed by atoms with Gasteiger partial charge in [-0.15, -0.1) is 0 Å². The molecule has 3 heteroatoms. The fourth-order valence-corrected chi connectivity index (χ4v) is 2.48. The van der Waals surface area contributed by atoms with Crippen molar-refractivity contribution in [1.82, 2.24) is 5.32 Å². The second kappa shape index (κ2) is 7.78. The predicted octanol–water partition coefficient (Wildman–Crippen LogP) is 4.05. The number of methoxy groups -OCH3 is 1. The lowest BCUT2D eigenvalue weighted by Crippen LogP contribution is -2.37. The zero-order valence-electron chi connectivity index (χ0n) is 11.7. The van der Waals surface area contributed by atoms with E-state index in [2.05, 4.69) is 32.2 Å². The van der Waals surface area contributed by atoms with Gasteiger partial charge in [0.2, 0.25) is 0 Å². The number of rotatable bonds is 7. The van der Waals surface area contributed by atoms with Crippen molar-refractivity contribution in [2.75, 3.05) is 13.7 Å². The van der Waals surface area contributed by atoms with Gasteiger partial charge in [0.15, 0.2) is 0 Å². The van der Waals surface area contributed by atoms with Gasteiger partial charge < -0.3 is 10.1 Å². The number of halogens is 1. The zero-order chi connectivity index (χ0) is 13.5. The Labute approximate surface area is 116 Å². The number of hydrogen-bond acceptors (Lipinski definition) is 2. The van der Waals surface area contributed by atoms with Gasteiger partial charge >= 0.3 is 0 Å². The van der Waals surface area contributed by atoms with Crippen LogP contribution < -0.4 is 5.32 Å². The molecule has 1 rings (SSSR count). The lowest BCUT2D eigenvalue weighted by atomic mass is 9.93. The molecule has 0 saturated heterocycles. The molecule has 0 fully saturated rings. The van der Waals surface area contributed by atoms with Gasteiger partial charge in [0.05, 0.1) is 12.1 Å². The summed E-state index contributed by atoms with van der Waals surface area (Å²) < 4.78 is 5.66. The van der Waals surface area contributed by atoms with Crippen LogP contribution in [0.5, 0.6) is 0 Å². The Morgan fingerprint density at radius 2 is 1.94 bits per heavy atom. The van der Waals surface area contributed by atoms with Crippen molar-refractivity contribution in [2.24, 2.45) is 5.92 Å². The third-order valence-electron chi connectivity index (χ3n) is 3.11. The molecular formula is C15H24ClNO. The number of hydrogen-bond donors (Lipinski definition) is 1. The molecule has 0 amide bonds. The van der Waals surface area contributed by atoms with E-state index in [1.807, 2.05) is 18.2 Å².